The van der Waals surface area contributed by atoms with E-state index in [9.17, 15) is 0 Å². The van der Waals surface area contributed by atoms with E-state index in [1.54, 1.807) is 5.38 Å². The molecule has 8 heavy (non-hydrogen) atoms. The molecule has 40 valence electrons. The number of rotatable bonds is 0. The van der Waals surface area contributed by atoms with Crippen LogP contribution in [0, 0.1) is 11.3 Å². The molecule has 0 bridgehead atoms. The average Bonchev–Trinajstić information content (AvgIpc) is 2.14. The van der Waals surface area contributed by atoms with Crippen molar-refractivity contribution in [2.45, 2.75) is 4.90 Å². The maximum absolute atomic E-state index is 8.32. The van der Waals surface area contributed by atoms with Crippen molar-refractivity contribution in [2.24, 2.45) is 0 Å². The van der Waals surface area contributed by atoms with Crippen LogP contribution in [0.4, 0.5) is 0 Å². The van der Waals surface area contributed by atoms with Gasteiger partial charge in [-0.25, -0.2) is 0 Å². The molecule has 1 nitrogen and oxygen atoms in total. The Labute approximate surface area is 57.0 Å². The van der Waals surface area contributed by atoms with Crippen molar-refractivity contribution in [3.8, 4) is 6.07 Å². The van der Waals surface area contributed by atoms with Gasteiger partial charge in [0, 0.05) is 15.7 Å². The number of thiol groups is 1. The van der Waals surface area contributed by atoms with Crippen molar-refractivity contribution >= 4 is 24.0 Å². The van der Waals surface area contributed by atoms with Crippen LogP contribution in [0.15, 0.2) is 15.7 Å². The molecule has 0 amide bonds. The molecule has 0 saturated heterocycles. The largest absolute Gasteiger partial charge is 0.192 e. The average molecular weight is 141 g/mol. The lowest BCUT2D eigenvalue weighted by molar-refractivity contribution is 1.44. The monoisotopic (exact) mass is 141 g/mol. The predicted molar refractivity (Wildman–Crippen MR) is 36.3 cm³/mol. The summed E-state index contributed by atoms with van der Waals surface area (Å²) >= 11 is 5.51. The number of nitrogens with zero attached hydrogens (tertiary/aromatic N) is 1. The molecule has 0 aromatic carbocycles. The lowest BCUT2D eigenvalue weighted by atomic mass is 10.4. The minimum Gasteiger partial charge on any atom is -0.192 e. The summed E-state index contributed by atoms with van der Waals surface area (Å²) in [5, 5.41) is 11.9. The fourth-order valence-electron chi connectivity index (χ4n) is 0.374. The van der Waals surface area contributed by atoms with Crippen molar-refractivity contribution in [3.05, 3.63) is 16.3 Å². The van der Waals surface area contributed by atoms with Crippen molar-refractivity contribution < 1.29 is 0 Å². The van der Waals surface area contributed by atoms with Gasteiger partial charge in [-0.3, -0.25) is 0 Å². The van der Waals surface area contributed by atoms with Gasteiger partial charge < -0.3 is 0 Å². The second kappa shape index (κ2) is 2.21. The third-order valence-corrected chi connectivity index (χ3v) is 2.05. The molecule has 0 aliphatic rings. The summed E-state index contributed by atoms with van der Waals surface area (Å²) < 4.78 is 0. The first-order valence-corrected chi connectivity index (χ1v) is 3.39. The van der Waals surface area contributed by atoms with Gasteiger partial charge in [0.05, 0.1) is 5.56 Å². The summed E-state index contributed by atoms with van der Waals surface area (Å²) in [5.41, 5.74) is 0.665. The predicted octanol–water partition coefficient (Wildman–Crippen LogP) is 1.91. The minimum atomic E-state index is 0.665. The Morgan fingerprint density at radius 3 is 2.62 bits per heavy atom. The van der Waals surface area contributed by atoms with Gasteiger partial charge in [-0.1, -0.05) is 0 Å². The van der Waals surface area contributed by atoms with Gasteiger partial charge in [-0.15, -0.1) is 24.0 Å². The van der Waals surface area contributed by atoms with Crippen molar-refractivity contribution in [3.63, 3.8) is 0 Å². The van der Waals surface area contributed by atoms with E-state index < -0.39 is 0 Å². The molecule has 0 aliphatic carbocycles. The fourth-order valence-corrected chi connectivity index (χ4v) is 1.40. The van der Waals surface area contributed by atoms with E-state index in [1.807, 2.05) is 11.4 Å². The molecule has 0 aliphatic heterocycles. The van der Waals surface area contributed by atoms with Crippen LogP contribution in [0.25, 0.3) is 0 Å². The van der Waals surface area contributed by atoms with Crippen LogP contribution in [-0.2, 0) is 0 Å². The van der Waals surface area contributed by atoms with Crippen LogP contribution in [0.2, 0.25) is 0 Å². The molecule has 3 heteroatoms. The maximum Gasteiger partial charge on any atom is 0.101 e. The molecule has 1 heterocycles. The topological polar surface area (TPSA) is 23.8 Å². The highest BCUT2D eigenvalue weighted by Crippen LogP contribution is 2.16. The fraction of sp³-hybridized carbons (Fsp3) is 0. The highest BCUT2D eigenvalue weighted by Gasteiger charge is 1.94. The Morgan fingerprint density at radius 2 is 2.38 bits per heavy atom. The number of hydrogen-bond donors (Lipinski definition) is 1. The first-order chi connectivity index (χ1) is 3.84. The van der Waals surface area contributed by atoms with E-state index in [2.05, 4.69) is 12.6 Å². The molecule has 0 unspecified atom stereocenters. The van der Waals surface area contributed by atoms with Crippen LogP contribution in [-0.4, -0.2) is 0 Å². The maximum atomic E-state index is 8.32. The number of hydrogen-bond acceptors (Lipinski definition) is 3. The zero-order valence-corrected chi connectivity index (χ0v) is 5.67. The summed E-state index contributed by atoms with van der Waals surface area (Å²) in [7, 11) is 0. The molecule has 0 radical (unpaired) electrons. The van der Waals surface area contributed by atoms with Gasteiger partial charge in [0.2, 0.25) is 0 Å². The van der Waals surface area contributed by atoms with Gasteiger partial charge in [0.1, 0.15) is 6.07 Å². The summed E-state index contributed by atoms with van der Waals surface area (Å²) in [5.74, 6) is 0. The third kappa shape index (κ3) is 0.857. The number of nitriles is 1. The van der Waals surface area contributed by atoms with Crippen molar-refractivity contribution in [1.82, 2.24) is 0 Å². The SMILES string of the molecule is N#Cc1cscc1S. The Balaban J connectivity index is 3.15. The molecule has 0 fully saturated rings. The van der Waals surface area contributed by atoms with Gasteiger partial charge in [-0.05, 0) is 0 Å². The quantitative estimate of drug-likeness (QED) is 0.548. The normalized spacial score (nSPS) is 8.50. The zero-order chi connectivity index (χ0) is 5.98. The number of thiophene rings is 1. The third-order valence-electron chi connectivity index (χ3n) is 0.762. The Hall–Kier alpha value is -0.460. The first-order valence-electron chi connectivity index (χ1n) is 2.00. The molecule has 1 aromatic heterocycles. The lowest BCUT2D eigenvalue weighted by Gasteiger charge is -1.75. The summed E-state index contributed by atoms with van der Waals surface area (Å²) in [6, 6.07) is 2.01. The lowest BCUT2D eigenvalue weighted by Crippen LogP contribution is -1.62. The van der Waals surface area contributed by atoms with Gasteiger partial charge in [-0.2, -0.15) is 5.26 Å². The molecular weight excluding hydrogens is 138 g/mol. The molecule has 1 rings (SSSR count). The van der Waals surface area contributed by atoms with E-state index in [0.29, 0.717) is 5.56 Å². The van der Waals surface area contributed by atoms with Crippen LogP contribution < -0.4 is 0 Å². The second-order valence-corrected chi connectivity index (χ2v) is 2.51. The Bertz CT molecular complexity index is 221. The van der Waals surface area contributed by atoms with E-state index in [4.69, 9.17) is 5.26 Å². The van der Waals surface area contributed by atoms with Crippen LogP contribution >= 0.6 is 24.0 Å². The Morgan fingerprint density at radius 1 is 1.62 bits per heavy atom. The smallest absolute Gasteiger partial charge is 0.101 e. The van der Waals surface area contributed by atoms with Crippen LogP contribution in [0.1, 0.15) is 5.56 Å². The molecular formula is C5H3NS2. The second-order valence-electron chi connectivity index (χ2n) is 1.28. The Kier molecular flexibility index (Phi) is 1.56. The van der Waals surface area contributed by atoms with E-state index >= 15 is 0 Å². The van der Waals surface area contributed by atoms with Gasteiger partial charge in [0.15, 0.2) is 0 Å². The van der Waals surface area contributed by atoms with E-state index in [1.165, 1.54) is 11.3 Å². The molecule has 0 saturated carbocycles. The van der Waals surface area contributed by atoms with Gasteiger partial charge in [0.25, 0.3) is 0 Å². The van der Waals surface area contributed by atoms with Crippen molar-refractivity contribution in [1.29, 1.82) is 5.26 Å². The summed E-state index contributed by atoms with van der Waals surface area (Å²) in [4.78, 5) is 0.775. The minimum absolute atomic E-state index is 0.665. The highest BCUT2D eigenvalue weighted by atomic mass is 32.1. The van der Waals surface area contributed by atoms with Gasteiger partial charge >= 0.3 is 0 Å². The zero-order valence-electron chi connectivity index (χ0n) is 3.96. The summed E-state index contributed by atoms with van der Waals surface area (Å²) in [6.45, 7) is 0. The van der Waals surface area contributed by atoms with Crippen molar-refractivity contribution in [2.75, 3.05) is 0 Å². The van der Waals surface area contributed by atoms with E-state index in [0.717, 1.165) is 4.90 Å². The first kappa shape index (κ1) is 5.67. The molecule has 0 N–H and O–H groups in total. The standard InChI is InChI=1S/C5H3NS2/c6-1-4-2-8-3-5(4)7/h2-3,7H. The summed E-state index contributed by atoms with van der Waals surface area (Å²) in [6.07, 6.45) is 0. The van der Waals surface area contributed by atoms with E-state index in [-0.39, 0.29) is 0 Å². The molecule has 0 spiro atoms. The molecule has 1 aromatic rings. The van der Waals surface area contributed by atoms with Crippen LogP contribution in [0.5, 0.6) is 0 Å². The van der Waals surface area contributed by atoms with Crippen LogP contribution in [0.3, 0.4) is 0 Å². The molecule has 0 atom stereocenters. The highest BCUT2D eigenvalue weighted by molar-refractivity contribution is 7.80.